The second-order valence-corrected chi connectivity index (χ2v) is 8.86. The van der Waals surface area contributed by atoms with Gasteiger partial charge in [0.2, 0.25) is 10.0 Å². The number of aliphatic imine (C=N–C) groups is 1. The van der Waals surface area contributed by atoms with E-state index in [-0.39, 0.29) is 11.5 Å². The first-order valence-electron chi connectivity index (χ1n) is 9.59. The molecule has 1 aromatic heterocycles. The lowest BCUT2D eigenvalue weighted by Gasteiger charge is -2.06. The van der Waals surface area contributed by atoms with Gasteiger partial charge in [-0.05, 0) is 55.8 Å². The zero-order valence-corrected chi connectivity index (χ0v) is 18.4. The Hall–Kier alpha value is -3.45. The fraction of sp³-hybridized carbons (Fsp3) is 0.125. The van der Waals surface area contributed by atoms with E-state index < -0.39 is 10.0 Å². The molecule has 160 valence electrons. The Morgan fingerprint density at radius 3 is 2.55 bits per heavy atom. The first kappa shape index (κ1) is 22.2. The van der Waals surface area contributed by atoms with Crippen LogP contribution in [0.5, 0.6) is 0 Å². The van der Waals surface area contributed by atoms with Crippen molar-refractivity contribution in [2.24, 2.45) is 4.99 Å². The molecule has 3 rings (SSSR count). The molecule has 0 fully saturated rings. The molecule has 2 aromatic carbocycles. The van der Waals surface area contributed by atoms with Crippen LogP contribution >= 0.6 is 0 Å². The van der Waals surface area contributed by atoms with Gasteiger partial charge >= 0.3 is 0 Å². The van der Waals surface area contributed by atoms with E-state index in [0.29, 0.717) is 5.82 Å². The fourth-order valence-electron chi connectivity index (χ4n) is 3.23. The lowest BCUT2D eigenvalue weighted by atomic mass is 10.0. The van der Waals surface area contributed by atoms with Crippen molar-refractivity contribution in [1.82, 2.24) is 9.29 Å². The van der Waals surface area contributed by atoms with Crippen LogP contribution in [0.3, 0.4) is 0 Å². The highest BCUT2D eigenvalue weighted by Crippen LogP contribution is 2.33. The Morgan fingerprint density at radius 1 is 1.19 bits per heavy atom. The third-order valence-corrected chi connectivity index (χ3v) is 5.12. The standard InChI is InChI=1S/C24H24FN3O2S/c1-5-26-24(8-6-7-18(3)27-31(4,29)30)28-16-22(19-10-12-20(25)13-11-19)21-15-17(2)9-14-23(21)28/h5-16,27H,3H2,1-2,4H3/b7-6+,24-8+,26-5?. The summed E-state index contributed by atoms with van der Waals surface area (Å²) in [5, 5.41) is 1.02. The number of halogens is 1. The number of allylic oxidation sites excluding steroid dienone is 3. The second kappa shape index (κ2) is 9.14. The molecule has 0 spiro atoms. The summed E-state index contributed by atoms with van der Waals surface area (Å²) in [5.74, 6) is 0.348. The van der Waals surface area contributed by atoms with Gasteiger partial charge in [0.1, 0.15) is 11.6 Å². The predicted molar refractivity (Wildman–Crippen MR) is 127 cm³/mol. The van der Waals surface area contributed by atoms with Gasteiger partial charge in [-0.25, -0.2) is 17.8 Å². The van der Waals surface area contributed by atoms with Gasteiger partial charge in [0.25, 0.3) is 0 Å². The average molecular weight is 438 g/mol. The zero-order chi connectivity index (χ0) is 22.6. The number of hydrogen-bond acceptors (Lipinski definition) is 3. The Labute approximate surface area is 182 Å². The first-order chi connectivity index (χ1) is 14.7. The second-order valence-electron chi connectivity index (χ2n) is 7.11. The minimum atomic E-state index is -3.38. The van der Waals surface area contributed by atoms with Crippen LogP contribution in [0, 0.1) is 12.7 Å². The summed E-state index contributed by atoms with van der Waals surface area (Å²) in [4.78, 5) is 4.48. The summed E-state index contributed by atoms with van der Waals surface area (Å²) in [5.41, 5.74) is 4.17. The first-order valence-corrected chi connectivity index (χ1v) is 11.5. The van der Waals surface area contributed by atoms with Crippen LogP contribution in [0.2, 0.25) is 0 Å². The van der Waals surface area contributed by atoms with Crippen molar-refractivity contribution in [2.45, 2.75) is 13.8 Å². The summed E-state index contributed by atoms with van der Waals surface area (Å²) in [6.07, 6.45) is 9.72. The number of aryl methyl sites for hydroxylation is 1. The highest BCUT2D eigenvalue weighted by atomic mass is 32.2. The van der Waals surface area contributed by atoms with Crippen molar-refractivity contribution < 1.29 is 12.8 Å². The largest absolute Gasteiger partial charge is 0.301 e. The molecule has 5 nitrogen and oxygen atoms in total. The Bertz CT molecular complexity index is 1310. The van der Waals surface area contributed by atoms with Crippen molar-refractivity contribution in [2.75, 3.05) is 6.26 Å². The van der Waals surface area contributed by atoms with Crippen LogP contribution in [0.4, 0.5) is 4.39 Å². The summed E-state index contributed by atoms with van der Waals surface area (Å²) in [6, 6.07) is 12.5. The van der Waals surface area contributed by atoms with Gasteiger partial charge in [0.05, 0.1) is 11.8 Å². The van der Waals surface area contributed by atoms with E-state index in [1.807, 2.05) is 36.7 Å². The number of sulfonamides is 1. The Balaban J connectivity index is 2.10. The summed E-state index contributed by atoms with van der Waals surface area (Å²) in [7, 11) is -3.38. The summed E-state index contributed by atoms with van der Waals surface area (Å²) in [6.45, 7) is 7.52. The third kappa shape index (κ3) is 5.58. The minimum absolute atomic E-state index is 0.249. The van der Waals surface area contributed by atoms with Crippen LogP contribution < -0.4 is 4.72 Å². The smallest absolute Gasteiger partial charge is 0.229 e. The predicted octanol–water partition coefficient (Wildman–Crippen LogP) is 5.26. The minimum Gasteiger partial charge on any atom is -0.301 e. The van der Waals surface area contributed by atoms with E-state index in [0.717, 1.165) is 33.8 Å². The zero-order valence-electron chi connectivity index (χ0n) is 17.6. The Morgan fingerprint density at radius 2 is 1.90 bits per heavy atom. The molecule has 0 aliphatic carbocycles. The van der Waals surface area contributed by atoms with Gasteiger partial charge in [0.15, 0.2) is 0 Å². The van der Waals surface area contributed by atoms with Crippen molar-refractivity contribution in [3.8, 4) is 11.1 Å². The number of nitrogens with one attached hydrogen (secondary N) is 1. The topological polar surface area (TPSA) is 63.5 Å². The number of rotatable bonds is 7. The average Bonchev–Trinajstić information content (AvgIpc) is 3.05. The maximum Gasteiger partial charge on any atom is 0.229 e. The van der Waals surface area contributed by atoms with Gasteiger partial charge in [0, 0.05) is 29.1 Å². The van der Waals surface area contributed by atoms with Crippen LogP contribution in [-0.4, -0.2) is 25.5 Å². The number of fused-ring (bicyclic) bond motifs is 1. The molecule has 1 heterocycles. The lowest BCUT2D eigenvalue weighted by molar-refractivity contribution is 0.595. The molecule has 0 bridgehead atoms. The highest BCUT2D eigenvalue weighted by Gasteiger charge is 2.13. The SMILES string of the molecule is C=C(/C=C/C=C(\N=CC)n1cc(-c2ccc(F)cc2)c2cc(C)ccc21)NS(C)(=O)=O. The molecule has 0 amide bonds. The van der Waals surface area contributed by atoms with E-state index in [2.05, 4.69) is 22.4 Å². The fourth-order valence-corrected chi connectivity index (χ4v) is 3.78. The number of nitrogens with zero attached hydrogens (tertiary/aromatic N) is 2. The number of benzene rings is 2. The van der Waals surface area contributed by atoms with E-state index in [1.54, 1.807) is 36.6 Å². The Kier molecular flexibility index (Phi) is 6.56. The summed E-state index contributed by atoms with van der Waals surface area (Å²) < 4.78 is 40.3. The van der Waals surface area contributed by atoms with E-state index >= 15 is 0 Å². The number of hydrogen-bond donors (Lipinski definition) is 1. The van der Waals surface area contributed by atoms with E-state index in [4.69, 9.17) is 0 Å². The molecule has 0 aliphatic heterocycles. The van der Waals surface area contributed by atoms with Gasteiger partial charge in [-0.15, -0.1) is 0 Å². The third-order valence-electron chi connectivity index (χ3n) is 4.48. The lowest BCUT2D eigenvalue weighted by Crippen LogP contribution is -2.19. The normalized spacial score (nSPS) is 12.8. The maximum absolute atomic E-state index is 13.4. The van der Waals surface area contributed by atoms with Crippen molar-refractivity contribution in [3.63, 3.8) is 0 Å². The van der Waals surface area contributed by atoms with Crippen LogP contribution in [-0.2, 0) is 10.0 Å². The molecule has 0 aliphatic rings. The van der Waals surface area contributed by atoms with Gasteiger partial charge in [-0.1, -0.05) is 36.4 Å². The van der Waals surface area contributed by atoms with Gasteiger partial charge in [-0.2, -0.15) is 0 Å². The van der Waals surface area contributed by atoms with Gasteiger partial charge in [-0.3, -0.25) is 4.72 Å². The van der Waals surface area contributed by atoms with Crippen molar-refractivity contribution in [1.29, 1.82) is 0 Å². The molecule has 0 radical (unpaired) electrons. The molecular formula is C24H24FN3O2S. The van der Waals surface area contributed by atoms with Crippen molar-refractivity contribution in [3.05, 3.63) is 90.5 Å². The molecule has 0 saturated heterocycles. The molecule has 1 N–H and O–H groups in total. The number of aromatic nitrogens is 1. The molecular weight excluding hydrogens is 413 g/mol. The molecule has 0 unspecified atom stereocenters. The monoisotopic (exact) mass is 437 g/mol. The molecule has 7 heteroatoms. The van der Waals surface area contributed by atoms with Crippen molar-refractivity contribution >= 4 is 33.0 Å². The molecule has 31 heavy (non-hydrogen) atoms. The quantitative estimate of drug-likeness (QED) is 0.405. The molecule has 3 aromatic rings. The van der Waals surface area contributed by atoms with Crippen LogP contribution in [0.25, 0.3) is 27.9 Å². The maximum atomic E-state index is 13.4. The van der Waals surface area contributed by atoms with Crippen LogP contribution in [0.15, 0.2) is 84.2 Å². The highest BCUT2D eigenvalue weighted by molar-refractivity contribution is 7.88. The summed E-state index contributed by atoms with van der Waals surface area (Å²) >= 11 is 0. The van der Waals surface area contributed by atoms with Gasteiger partial charge < -0.3 is 4.57 Å². The molecule has 0 atom stereocenters. The molecule has 0 saturated carbocycles. The van der Waals surface area contributed by atoms with E-state index in [1.165, 1.54) is 12.1 Å². The van der Waals surface area contributed by atoms with Crippen LogP contribution in [0.1, 0.15) is 12.5 Å². The van der Waals surface area contributed by atoms with E-state index in [9.17, 15) is 12.8 Å².